The van der Waals surface area contributed by atoms with Crippen LogP contribution in [0.1, 0.15) is 26.3 Å². The van der Waals surface area contributed by atoms with Crippen LogP contribution in [-0.4, -0.2) is 20.8 Å². The first-order valence-electron chi connectivity index (χ1n) is 7.52. The molecule has 0 fully saturated rings. The summed E-state index contributed by atoms with van der Waals surface area (Å²) in [6, 6.07) is 9.46. The minimum atomic E-state index is -3.53. The Kier molecular flexibility index (Phi) is 5.09. The Morgan fingerprint density at radius 3 is 2.35 bits per heavy atom. The Balaban J connectivity index is 2.78. The van der Waals surface area contributed by atoms with E-state index >= 15 is 0 Å². The lowest BCUT2D eigenvalue weighted by Gasteiger charge is -2.15. The summed E-state index contributed by atoms with van der Waals surface area (Å²) in [4.78, 5) is 0.166. The molecule has 2 aromatic carbocycles. The number of ether oxygens (including phenoxy) is 1. The van der Waals surface area contributed by atoms with Crippen LogP contribution < -0.4 is 4.74 Å². The molecule has 0 heterocycles. The highest BCUT2D eigenvalue weighted by molar-refractivity contribution is 7.92. The van der Waals surface area contributed by atoms with E-state index in [-0.39, 0.29) is 10.5 Å². The van der Waals surface area contributed by atoms with E-state index < -0.39 is 20.9 Å². The highest BCUT2D eigenvalue weighted by atomic mass is 32.2. The maximum Gasteiger partial charge on any atom is 0.181 e. The van der Waals surface area contributed by atoms with Crippen molar-refractivity contribution < 1.29 is 17.5 Å². The van der Waals surface area contributed by atoms with Crippen LogP contribution in [0.4, 0.5) is 4.39 Å². The summed E-state index contributed by atoms with van der Waals surface area (Å²) in [7, 11) is -2.04. The molecule has 0 radical (unpaired) electrons. The molecular formula is C18H21FO3S. The van der Waals surface area contributed by atoms with Gasteiger partial charge in [-0.3, -0.25) is 0 Å². The monoisotopic (exact) mass is 336 g/mol. The first-order valence-corrected chi connectivity index (χ1v) is 9.06. The summed E-state index contributed by atoms with van der Waals surface area (Å²) < 4.78 is 44.8. The molecule has 0 atom stereocenters. The van der Waals surface area contributed by atoms with Gasteiger partial charge in [-0.1, -0.05) is 19.1 Å². The molecule has 3 nitrogen and oxygen atoms in total. The molecule has 0 aliphatic carbocycles. The average Bonchev–Trinajstić information content (AvgIpc) is 2.54. The molecular weight excluding hydrogens is 315 g/mol. The lowest BCUT2D eigenvalue weighted by molar-refractivity contribution is 0.414. The van der Waals surface area contributed by atoms with Crippen molar-refractivity contribution in [2.24, 2.45) is 0 Å². The fourth-order valence-electron chi connectivity index (χ4n) is 2.34. The predicted molar refractivity (Wildman–Crippen MR) is 90.1 cm³/mol. The van der Waals surface area contributed by atoms with Gasteiger partial charge in [0.1, 0.15) is 11.6 Å². The minimum Gasteiger partial charge on any atom is -0.497 e. The highest BCUT2D eigenvalue weighted by Crippen LogP contribution is 2.34. The molecule has 0 spiro atoms. The topological polar surface area (TPSA) is 43.4 Å². The van der Waals surface area contributed by atoms with Gasteiger partial charge >= 0.3 is 0 Å². The number of benzene rings is 2. The zero-order valence-corrected chi connectivity index (χ0v) is 14.6. The van der Waals surface area contributed by atoms with Gasteiger partial charge in [0.15, 0.2) is 9.84 Å². The number of hydrogen-bond donors (Lipinski definition) is 0. The molecule has 0 aliphatic rings. The van der Waals surface area contributed by atoms with Crippen molar-refractivity contribution in [3.8, 4) is 16.9 Å². The lowest BCUT2D eigenvalue weighted by Crippen LogP contribution is -2.15. The molecule has 0 bridgehead atoms. The number of methoxy groups -OCH3 is 1. The third kappa shape index (κ3) is 3.39. The van der Waals surface area contributed by atoms with E-state index in [1.807, 2.05) is 13.0 Å². The van der Waals surface area contributed by atoms with Gasteiger partial charge in [0.25, 0.3) is 0 Å². The first kappa shape index (κ1) is 17.5. The van der Waals surface area contributed by atoms with Crippen LogP contribution in [0.5, 0.6) is 5.75 Å². The molecule has 5 heteroatoms. The predicted octanol–water partition coefficient (Wildman–Crippen LogP) is 4.25. The molecule has 2 aromatic rings. The van der Waals surface area contributed by atoms with Gasteiger partial charge in [-0.05, 0) is 50.1 Å². The lowest BCUT2D eigenvalue weighted by atomic mass is 10.0. The smallest absolute Gasteiger partial charge is 0.181 e. The van der Waals surface area contributed by atoms with Gasteiger partial charge in [-0.2, -0.15) is 0 Å². The standard InChI is InChI=1S/C18H21FO3S/c1-5-13-6-8-15(18(10-13)23(20,21)12(2)3)16-11-14(22-4)7-9-17(16)19/h6-12H,5H2,1-4H3. The SMILES string of the molecule is CCc1ccc(-c2cc(OC)ccc2F)c(S(=O)(=O)C(C)C)c1. The summed E-state index contributed by atoms with van der Waals surface area (Å²) in [5, 5.41) is -0.581. The van der Waals surface area contributed by atoms with Crippen LogP contribution in [0, 0.1) is 5.82 Å². The van der Waals surface area contributed by atoms with Gasteiger partial charge < -0.3 is 4.74 Å². The van der Waals surface area contributed by atoms with Crippen molar-refractivity contribution in [3.05, 3.63) is 47.8 Å². The van der Waals surface area contributed by atoms with Crippen molar-refractivity contribution in [1.82, 2.24) is 0 Å². The fourth-order valence-corrected chi connectivity index (χ4v) is 3.64. The van der Waals surface area contributed by atoms with Crippen molar-refractivity contribution in [2.45, 2.75) is 37.3 Å². The van der Waals surface area contributed by atoms with Crippen LogP contribution in [0.3, 0.4) is 0 Å². The van der Waals surface area contributed by atoms with Crippen LogP contribution >= 0.6 is 0 Å². The summed E-state index contributed by atoms with van der Waals surface area (Å²) in [5.41, 5.74) is 1.50. The maximum atomic E-state index is 14.3. The van der Waals surface area contributed by atoms with Gasteiger partial charge in [0.2, 0.25) is 0 Å². The Morgan fingerprint density at radius 1 is 1.09 bits per heavy atom. The molecule has 0 saturated heterocycles. The summed E-state index contributed by atoms with van der Waals surface area (Å²) in [6.45, 7) is 5.20. The molecule has 23 heavy (non-hydrogen) atoms. The number of halogens is 1. The van der Waals surface area contributed by atoms with E-state index in [9.17, 15) is 12.8 Å². The third-order valence-electron chi connectivity index (χ3n) is 3.85. The van der Waals surface area contributed by atoms with E-state index in [4.69, 9.17) is 4.74 Å². The van der Waals surface area contributed by atoms with Crippen LogP contribution in [0.25, 0.3) is 11.1 Å². The van der Waals surface area contributed by atoms with E-state index in [1.165, 1.54) is 25.3 Å². The number of sulfone groups is 1. The Bertz CT molecular complexity index is 811. The number of rotatable bonds is 5. The van der Waals surface area contributed by atoms with Gasteiger partial charge in [0.05, 0.1) is 17.3 Å². The van der Waals surface area contributed by atoms with E-state index in [2.05, 4.69) is 0 Å². The quantitative estimate of drug-likeness (QED) is 0.820. The fraction of sp³-hybridized carbons (Fsp3) is 0.333. The zero-order chi connectivity index (χ0) is 17.2. The van der Waals surface area contributed by atoms with E-state index in [1.54, 1.807) is 26.0 Å². The summed E-state index contributed by atoms with van der Waals surface area (Å²) in [5.74, 6) is 0.00381. The van der Waals surface area contributed by atoms with Gasteiger partial charge in [0, 0.05) is 11.1 Å². The normalized spacial score (nSPS) is 11.7. The first-order chi connectivity index (χ1) is 10.8. The second-order valence-corrected chi connectivity index (χ2v) is 8.10. The van der Waals surface area contributed by atoms with Gasteiger partial charge in [-0.15, -0.1) is 0 Å². The van der Waals surface area contributed by atoms with Gasteiger partial charge in [-0.25, -0.2) is 12.8 Å². The largest absolute Gasteiger partial charge is 0.497 e. The molecule has 0 amide bonds. The Morgan fingerprint density at radius 2 is 1.78 bits per heavy atom. The van der Waals surface area contributed by atoms with E-state index in [0.29, 0.717) is 17.7 Å². The molecule has 124 valence electrons. The Labute approximate surface area is 137 Å². The molecule has 0 aliphatic heterocycles. The van der Waals surface area contributed by atoms with Crippen molar-refractivity contribution in [2.75, 3.05) is 7.11 Å². The minimum absolute atomic E-state index is 0.166. The number of aryl methyl sites for hydroxylation is 1. The highest BCUT2D eigenvalue weighted by Gasteiger charge is 2.25. The summed E-state index contributed by atoms with van der Waals surface area (Å²) in [6.07, 6.45) is 0.710. The molecule has 2 rings (SSSR count). The Hall–Kier alpha value is -1.88. The maximum absolute atomic E-state index is 14.3. The second kappa shape index (κ2) is 6.71. The average molecular weight is 336 g/mol. The molecule has 0 N–H and O–H groups in total. The van der Waals surface area contributed by atoms with Crippen LogP contribution in [0.15, 0.2) is 41.3 Å². The second-order valence-electron chi connectivity index (χ2n) is 5.62. The van der Waals surface area contributed by atoms with Crippen molar-refractivity contribution >= 4 is 9.84 Å². The van der Waals surface area contributed by atoms with Crippen molar-refractivity contribution in [3.63, 3.8) is 0 Å². The summed E-state index contributed by atoms with van der Waals surface area (Å²) >= 11 is 0. The van der Waals surface area contributed by atoms with E-state index in [0.717, 1.165) is 5.56 Å². The molecule has 0 saturated carbocycles. The molecule has 0 unspecified atom stereocenters. The zero-order valence-electron chi connectivity index (χ0n) is 13.8. The number of hydrogen-bond acceptors (Lipinski definition) is 3. The third-order valence-corrected chi connectivity index (χ3v) is 6.04. The van der Waals surface area contributed by atoms with Crippen LogP contribution in [-0.2, 0) is 16.3 Å². The van der Waals surface area contributed by atoms with Crippen molar-refractivity contribution in [1.29, 1.82) is 0 Å². The molecule has 0 aromatic heterocycles. The van der Waals surface area contributed by atoms with Crippen LogP contribution in [0.2, 0.25) is 0 Å².